The third-order valence-corrected chi connectivity index (χ3v) is 5.43. The SMILES string of the molecule is COc1ccc(-c2cccc(-c3ccc(OC)cc3)c2S(C)(=N)=O)cc1. The largest absolute Gasteiger partial charge is 0.497 e. The number of methoxy groups -OCH3 is 2. The van der Waals surface area contributed by atoms with E-state index >= 15 is 0 Å². The molecule has 0 spiro atoms. The number of ether oxygens (including phenoxy) is 2. The molecule has 0 amide bonds. The first kappa shape index (κ1) is 18.0. The third kappa shape index (κ3) is 3.58. The lowest BCUT2D eigenvalue weighted by atomic mass is 9.98. The van der Waals surface area contributed by atoms with Crippen LogP contribution in [0.2, 0.25) is 0 Å². The topological polar surface area (TPSA) is 59.4 Å². The first-order valence-electron chi connectivity index (χ1n) is 8.09. The van der Waals surface area contributed by atoms with E-state index in [0.29, 0.717) is 4.90 Å². The van der Waals surface area contributed by atoms with Crippen LogP contribution >= 0.6 is 0 Å². The van der Waals surface area contributed by atoms with Crippen LogP contribution in [0.4, 0.5) is 0 Å². The molecule has 5 heteroatoms. The highest BCUT2D eigenvalue weighted by Gasteiger charge is 2.18. The average molecular weight is 367 g/mol. The van der Waals surface area contributed by atoms with Crippen LogP contribution in [-0.2, 0) is 9.73 Å². The first-order valence-corrected chi connectivity index (χ1v) is 10.1. The molecule has 134 valence electrons. The number of benzene rings is 3. The molecule has 0 saturated carbocycles. The Morgan fingerprint density at radius 3 is 1.42 bits per heavy atom. The second-order valence-corrected chi connectivity index (χ2v) is 8.08. The van der Waals surface area contributed by atoms with E-state index in [1.54, 1.807) is 14.2 Å². The van der Waals surface area contributed by atoms with E-state index in [9.17, 15) is 4.21 Å². The molecule has 0 aliphatic heterocycles. The summed E-state index contributed by atoms with van der Waals surface area (Å²) in [5.74, 6) is 1.51. The maximum absolute atomic E-state index is 12.8. The maximum Gasteiger partial charge on any atom is 0.118 e. The van der Waals surface area contributed by atoms with Crippen molar-refractivity contribution in [3.63, 3.8) is 0 Å². The van der Waals surface area contributed by atoms with Gasteiger partial charge in [0.1, 0.15) is 11.5 Å². The van der Waals surface area contributed by atoms with Crippen LogP contribution in [0.5, 0.6) is 11.5 Å². The van der Waals surface area contributed by atoms with Gasteiger partial charge in [0.15, 0.2) is 0 Å². The van der Waals surface area contributed by atoms with E-state index in [1.165, 1.54) is 6.26 Å². The minimum Gasteiger partial charge on any atom is -0.497 e. The smallest absolute Gasteiger partial charge is 0.118 e. The zero-order chi connectivity index (χ0) is 18.7. The highest BCUT2D eigenvalue weighted by Crippen LogP contribution is 2.37. The third-order valence-electron chi connectivity index (χ3n) is 4.21. The summed E-state index contributed by atoms with van der Waals surface area (Å²) in [6.45, 7) is 0. The van der Waals surface area contributed by atoms with E-state index in [-0.39, 0.29) is 0 Å². The van der Waals surface area contributed by atoms with Gasteiger partial charge in [-0.3, -0.25) is 0 Å². The van der Waals surface area contributed by atoms with Gasteiger partial charge >= 0.3 is 0 Å². The summed E-state index contributed by atoms with van der Waals surface area (Å²) in [6, 6.07) is 20.8. The second kappa shape index (κ2) is 7.22. The Bertz CT molecular complexity index is 942. The van der Waals surface area contributed by atoms with Gasteiger partial charge in [-0.05, 0) is 46.5 Å². The predicted octanol–water partition coefficient (Wildman–Crippen LogP) is 5.07. The zero-order valence-corrected chi connectivity index (χ0v) is 15.8. The highest BCUT2D eigenvalue weighted by atomic mass is 32.2. The van der Waals surface area contributed by atoms with E-state index < -0.39 is 9.73 Å². The minimum atomic E-state index is -2.95. The molecule has 0 saturated heterocycles. The van der Waals surface area contributed by atoms with Crippen molar-refractivity contribution in [3.05, 3.63) is 66.7 Å². The average Bonchev–Trinajstić information content (AvgIpc) is 2.67. The summed E-state index contributed by atoms with van der Waals surface area (Å²) in [6.07, 6.45) is 1.46. The summed E-state index contributed by atoms with van der Waals surface area (Å²) in [5.41, 5.74) is 3.39. The van der Waals surface area contributed by atoms with Gasteiger partial charge in [-0.25, -0.2) is 8.99 Å². The quantitative estimate of drug-likeness (QED) is 0.684. The van der Waals surface area contributed by atoms with Gasteiger partial charge < -0.3 is 9.47 Å². The van der Waals surface area contributed by atoms with Crippen molar-refractivity contribution in [2.24, 2.45) is 0 Å². The lowest BCUT2D eigenvalue weighted by Gasteiger charge is -2.16. The molecule has 0 fully saturated rings. The van der Waals surface area contributed by atoms with Gasteiger partial charge in [0, 0.05) is 6.26 Å². The molecule has 0 aliphatic rings. The van der Waals surface area contributed by atoms with Crippen LogP contribution in [0.25, 0.3) is 22.3 Å². The van der Waals surface area contributed by atoms with Crippen molar-refractivity contribution in [1.82, 2.24) is 0 Å². The molecule has 0 heterocycles. The number of hydrogen-bond acceptors (Lipinski definition) is 4. The standard InChI is InChI=1S/C21H21NO3S/c1-24-17-11-7-15(8-12-17)19-5-4-6-20(21(19)26(3,22)23)16-9-13-18(25-2)14-10-16/h4-14,22H,1-3H3. The molecule has 0 aromatic heterocycles. The fraction of sp³-hybridized carbons (Fsp3) is 0.143. The lowest BCUT2D eigenvalue weighted by molar-refractivity contribution is 0.415. The molecular weight excluding hydrogens is 346 g/mol. The molecule has 1 N–H and O–H groups in total. The van der Waals surface area contributed by atoms with Crippen molar-refractivity contribution >= 4 is 9.73 Å². The van der Waals surface area contributed by atoms with Crippen molar-refractivity contribution in [1.29, 1.82) is 4.78 Å². The van der Waals surface area contributed by atoms with Crippen LogP contribution in [0.3, 0.4) is 0 Å². The minimum absolute atomic E-state index is 0.537. The van der Waals surface area contributed by atoms with E-state index in [2.05, 4.69) is 0 Å². The number of rotatable bonds is 5. The Morgan fingerprint density at radius 2 is 1.12 bits per heavy atom. The van der Waals surface area contributed by atoms with Gasteiger partial charge in [-0.1, -0.05) is 42.5 Å². The molecule has 3 aromatic carbocycles. The Morgan fingerprint density at radius 1 is 0.731 bits per heavy atom. The van der Waals surface area contributed by atoms with Gasteiger partial charge in [-0.2, -0.15) is 0 Å². The van der Waals surface area contributed by atoms with Crippen LogP contribution in [0, 0.1) is 4.78 Å². The van der Waals surface area contributed by atoms with Gasteiger partial charge in [0.25, 0.3) is 0 Å². The molecule has 1 unspecified atom stereocenters. The van der Waals surface area contributed by atoms with Crippen LogP contribution in [0.15, 0.2) is 71.6 Å². The highest BCUT2D eigenvalue weighted by molar-refractivity contribution is 7.92. The molecular formula is C21H21NO3S. The van der Waals surface area contributed by atoms with Gasteiger partial charge in [-0.15, -0.1) is 0 Å². The van der Waals surface area contributed by atoms with Crippen LogP contribution in [-0.4, -0.2) is 24.7 Å². The predicted molar refractivity (Wildman–Crippen MR) is 105 cm³/mol. The molecule has 0 aliphatic carbocycles. The summed E-state index contributed by atoms with van der Waals surface area (Å²) >= 11 is 0. The fourth-order valence-electron chi connectivity index (χ4n) is 2.95. The molecule has 3 rings (SSSR count). The second-order valence-electron chi connectivity index (χ2n) is 5.98. The Labute approximate surface area is 154 Å². The summed E-state index contributed by atoms with van der Waals surface area (Å²) in [5, 5.41) is 0. The van der Waals surface area contributed by atoms with Crippen molar-refractivity contribution in [2.75, 3.05) is 20.5 Å². The Balaban J connectivity index is 2.22. The lowest BCUT2D eigenvalue weighted by Crippen LogP contribution is -2.01. The molecule has 0 radical (unpaired) electrons. The van der Waals surface area contributed by atoms with E-state index in [4.69, 9.17) is 14.3 Å². The Kier molecular flexibility index (Phi) is 5.00. The Hall–Kier alpha value is -2.79. The van der Waals surface area contributed by atoms with E-state index in [1.807, 2.05) is 66.7 Å². The van der Waals surface area contributed by atoms with E-state index in [0.717, 1.165) is 33.8 Å². The number of nitrogens with one attached hydrogen (secondary N) is 1. The number of hydrogen-bond donors (Lipinski definition) is 1. The summed E-state index contributed by atoms with van der Waals surface area (Å²) in [4.78, 5) is 0.537. The molecule has 26 heavy (non-hydrogen) atoms. The monoisotopic (exact) mass is 367 g/mol. The molecule has 1 atom stereocenters. The summed E-state index contributed by atoms with van der Waals surface area (Å²) < 4.78 is 31.6. The summed E-state index contributed by atoms with van der Waals surface area (Å²) in [7, 11) is 0.283. The normalized spacial score (nSPS) is 13.0. The van der Waals surface area contributed by atoms with Crippen molar-refractivity contribution in [2.45, 2.75) is 4.90 Å². The van der Waals surface area contributed by atoms with Gasteiger partial charge in [0.05, 0.1) is 28.8 Å². The first-order chi connectivity index (χ1) is 12.4. The molecule has 4 nitrogen and oxygen atoms in total. The van der Waals surface area contributed by atoms with Crippen molar-refractivity contribution in [3.8, 4) is 33.8 Å². The van der Waals surface area contributed by atoms with Gasteiger partial charge in [0.2, 0.25) is 0 Å². The maximum atomic E-state index is 12.8. The van der Waals surface area contributed by atoms with Crippen molar-refractivity contribution < 1.29 is 13.7 Å². The molecule has 0 bridgehead atoms. The zero-order valence-electron chi connectivity index (χ0n) is 15.0. The fourth-order valence-corrected chi connectivity index (χ4v) is 4.16. The van der Waals surface area contributed by atoms with Crippen LogP contribution < -0.4 is 9.47 Å². The van der Waals surface area contributed by atoms with Crippen LogP contribution in [0.1, 0.15) is 0 Å². The molecule has 3 aromatic rings.